The van der Waals surface area contributed by atoms with Gasteiger partial charge in [0.1, 0.15) is 5.82 Å². The van der Waals surface area contributed by atoms with Gasteiger partial charge in [-0.15, -0.1) is 0 Å². The van der Waals surface area contributed by atoms with Crippen molar-refractivity contribution in [2.45, 2.75) is 0 Å². The van der Waals surface area contributed by atoms with Crippen LogP contribution in [-0.2, 0) is 9.59 Å². The van der Waals surface area contributed by atoms with Crippen LogP contribution < -0.4 is 11.1 Å². The lowest BCUT2D eigenvalue weighted by Crippen LogP contribution is -2.52. The third-order valence-electron chi connectivity index (χ3n) is 3.38. The molecular weight excluding hydrogens is 275 g/mol. The van der Waals surface area contributed by atoms with Crippen LogP contribution in [0.2, 0.25) is 0 Å². The van der Waals surface area contributed by atoms with Crippen molar-refractivity contribution >= 4 is 17.5 Å². The van der Waals surface area contributed by atoms with Crippen LogP contribution in [0.5, 0.6) is 0 Å². The van der Waals surface area contributed by atoms with Crippen molar-refractivity contribution in [3.8, 4) is 0 Å². The molecule has 1 aromatic carbocycles. The van der Waals surface area contributed by atoms with Crippen LogP contribution in [0.3, 0.4) is 0 Å². The van der Waals surface area contributed by atoms with E-state index in [1.54, 1.807) is 0 Å². The Morgan fingerprint density at radius 3 is 2.57 bits per heavy atom. The van der Waals surface area contributed by atoms with Crippen molar-refractivity contribution in [2.75, 3.05) is 44.6 Å². The number of carbonyl (C=O) groups excluding carboxylic acids is 2. The summed E-state index contributed by atoms with van der Waals surface area (Å²) in [6, 6.07) is 5.45. The summed E-state index contributed by atoms with van der Waals surface area (Å²) in [5, 5.41) is 2.41. The molecule has 0 unspecified atom stereocenters. The molecule has 114 valence electrons. The maximum Gasteiger partial charge on any atom is 0.313 e. The van der Waals surface area contributed by atoms with E-state index in [0.29, 0.717) is 32.7 Å². The van der Waals surface area contributed by atoms with Gasteiger partial charge in [0.15, 0.2) is 0 Å². The largest absolute Gasteiger partial charge is 0.332 e. The van der Waals surface area contributed by atoms with E-state index in [1.807, 2.05) is 0 Å². The van der Waals surface area contributed by atoms with Gasteiger partial charge in [-0.2, -0.15) is 0 Å². The van der Waals surface area contributed by atoms with Gasteiger partial charge in [0.05, 0.1) is 0 Å². The highest BCUT2D eigenvalue weighted by Crippen LogP contribution is 2.10. The van der Waals surface area contributed by atoms with Gasteiger partial charge in [0, 0.05) is 45.0 Å². The number of amides is 2. The predicted molar refractivity (Wildman–Crippen MR) is 77.1 cm³/mol. The Morgan fingerprint density at radius 2 is 1.95 bits per heavy atom. The summed E-state index contributed by atoms with van der Waals surface area (Å²) in [7, 11) is 0. The average molecular weight is 294 g/mol. The van der Waals surface area contributed by atoms with Crippen molar-refractivity contribution in [1.29, 1.82) is 0 Å². The summed E-state index contributed by atoms with van der Waals surface area (Å²) in [4.78, 5) is 27.5. The van der Waals surface area contributed by atoms with Crippen molar-refractivity contribution < 1.29 is 14.0 Å². The maximum atomic E-state index is 13.0. The Hall–Kier alpha value is -1.99. The smallest absolute Gasteiger partial charge is 0.313 e. The van der Waals surface area contributed by atoms with Gasteiger partial charge in [-0.25, -0.2) is 4.39 Å². The highest BCUT2D eigenvalue weighted by molar-refractivity contribution is 6.39. The normalized spacial score (nSPS) is 15.8. The number of anilines is 1. The van der Waals surface area contributed by atoms with Crippen molar-refractivity contribution in [1.82, 2.24) is 9.80 Å². The molecule has 6 nitrogen and oxygen atoms in total. The fraction of sp³-hybridized carbons (Fsp3) is 0.429. The van der Waals surface area contributed by atoms with Gasteiger partial charge in [-0.1, -0.05) is 6.07 Å². The molecule has 1 aliphatic heterocycles. The molecule has 0 radical (unpaired) electrons. The van der Waals surface area contributed by atoms with E-state index < -0.39 is 17.6 Å². The fourth-order valence-corrected chi connectivity index (χ4v) is 2.25. The lowest BCUT2D eigenvalue weighted by Gasteiger charge is -2.34. The fourth-order valence-electron chi connectivity index (χ4n) is 2.25. The first kappa shape index (κ1) is 15.4. The second-order valence-electron chi connectivity index (χ2n) is 4.89. The van der Waals surface area contributed by atoms with Crippen molar-refractivity contribution in [3.63, 3.8) is 0 Å². The number of nitrogens with one attached hydrogen (secondary N) is 1. The van der Waals surface area contributed by atoms with Crippen LogP contribution in [0.4, 0.5) is 10.1 Å². The molecule has 7 heteroatoms. The highest BCUT2D eigenvalue weighted by atomic mass is 19.1. The van der Waals surface area contributed by atoms with Gasteiger partial charge in [-0.3, -0.25) is 14.5 Å². The van der Waals surface area contributed by atoms with E-state index >= 15 is 0 Å². The van der Waals surface area contributed by atoms with Gasteiger partial charge < -0.3 is 16.0 Å². The van der Waals surface area contributed by atoms with Gasteiger partial charge in [-0.05, 0) is 18.2 Å². The number of rotatable bonds is 3. The number of piperazine rings is 1. The number of nitrogens with two attached hydrogens (primary N) is 1. The minimum absolute atomic E-state index is 0.273. The zero-order valence-electron chi connectivity index (χ0n) is 11.7. The Labute approximate surface area is 122 Å². The molecule has 1 fully saturated rings. The van der Waals surface area contributed by atoms with Gasteiger partial charge in [0.2, 0.25) is 0 Å². The number of benzene rings is 1. The minimum Gasteiger partial charge on any atom is -0.332 e. The second kappa shape index (κ2) is 7.14. The monoisotopic (exact) mass is 294 g/mol. The first-order chi connectivity index (χ1) is 10.1. The summed E-state index contributed by atoms with van der Waals surface area (Å²) >= 11 is 0. The van der Waals surface area contributed by atoms with E-state index in [9.17, 15) is 14.0 Å². The molecule has 0 aromatic heterocycles. The lowest BCUT2D eigenvalue weighted by atomic mass is 10.3. The molecule has 1 aromatic rings. The number of halogens is 1. The average Bonchev–Trinajstić information content (AvgIpc) is 2.47. The molecule has 0 saturated carbocycles. The molecule has 1 saturated heterocycles. The van der Waals surface area contributed by atoms with E-state index in [0.717, 1.165) is 6.54 Å². The van der Waals surface area contributed by atoms with E-state index in [-0.39, 0.29) is 5.69 Å². The third-order valence-corrected chi connectivity index (χ3v) is 3.38. The summed E-state index contributed by atoms with van der Waals surface area (Å²) in [6.07, 6.45) is 0. The number of carbonyl (C=O) groups is 2. The molecule has 2 amide bonds. The van der Waals surface area contributed by atoms with E-state index in [4.69, 9.17) is 5.73 Å². The number of hydrogen-bond acceptors (Lipinski definition) is 4. The summed E-state index contributed by atoms with van der Waals surface area (Å²) in [5.41, 5.74) is 5.76. The quantitative estimate of drug-likeness (QED) is 0.761. The molecular formula is C14H19FN4O2. The van der Waals surface area contributed by atoms with Crippen LogP contribution in [0.25, 0.3) is 0 Å². The molecule has 21 heavy (non-hydrogen) atoms. The zero-order chi connectivity index (χ0) is 15.2. The molecule has 0 spiro atoms. The first-order valence-corrected chi connectivity index (χ1v) is 6.88. The van der Waals surface area contributed by atoms with E-state index in [1.165, 1.54) is 29.2 Å². The standard InChI is InChI=1S/C14H19FN4O2/c15-11-2-1-3-12(10-11)17-13(20)14(21)19-8-6-18(5-4-16)7-9-19/h1-3,10H,4-9,16H2,(H,17,20). The van der Waals surface area contributed by atoms with Crippen LogP contribution in [0.1, 0.15) is 0 Å². The molecule has 1 heterocycles. The SMILES string of the molecule is NCCN1CCN(C(=O)C(=O)Nc2cccc(F)c2)CC1. The first-order valence-electron chi connectivity index (χ1n) is 6.88. The Balaban J connectivity index is 1.87. The van der Waals surface area contributed by atoms with Crippen molar-refractivity contribution in [3.05, 3.63) is 30.1 Å². The molecule has 1 aliphatic rings. The Morgan fingerprint density at radius 1 is 1.24 bits per heavy atom. The van der Waals surface area contributed by atoms with Crippen LogP contribution >= 0.6 is 0 Å². The topological polar surface area (TPSA) is 78.7 Å². The summed E-state index contributed by atoms with van der Waals surface area (Å²) in [5.74, 6) is -1.80. The van der Waals surface area contributed by atoms with Gasteiger partial charge >= 0.3 is 11.8 Å². The third kappa shape index (κ3) is 4.24. The summed E-state index contributed by atoms with van der Waals surface area (Å²) < 4.78 is 13.0. The zero-order valence-corrected chi connectivity index (χ0v) is 11.7. The van der Waals surface area contributed by atoms with Crippen LogP contribution in [0.15, 0.2) is 24.3 Å². The van der Waals surface area contributed by atoms with Crippen molar-refractivity contribution in [2.24, 2.45) is 5.73 Å². The van der Waals surface area contributed by atoms with Crippen LogP contribution in [-0.4, -0.2) is 60.9 Å². The number of nitrogens with zero attached hydrogens (tertiary/aromatic N) is 2. The summed E-state index contributed by atoms with van der Waals surface area (Å²) in [6.45, 7) is 3.77. The lowest BCUT2D eigenvalue weighted by molar-refractivity contribution is -0.144. The molecule has 3 N–H and O–H groups in total. The molecule has 2 rings (SSSR count). The number of hydrogen-bond donors (Lipinski definition) is 2. The Bertz CT molecular complexity index is 515. The second-order valence-corrected chi connectivity index (χ2v) is 4.89. The van der Waals surface area contributed by atoms with Crippen LogP contribution in [0, 0.1) is 5.82 Å². The maximum absolute atomic E-state index is 13.0. The van der Waals surface area contributed by atoms with Gasteiger partial charge in [0.25, 0.3) is 0 Å². The molecule has 0 atom stereocenters. The molecule has 0 bridgehead atoms. The Kier molecular flexibility index (Phi) is 5.24. The minimum atomic E-state index is -0.743. The highest BCUT2D eigenvalue weighted by Gasteiger charge is 2.25. The van der Waals surface area contributed by atoms with E-state index in [2.05, 4.69) is 10.2 Å². The predicted octanol–water partition coefficient (Wildman–Crippen LogP) is -0.133. The molecule has 0 aliphatic carbocycles.